The predicted octanol–water partition coefficient (Wildman–Crippen LogP) is 3.52. The first-order valence-corrected chi connectivity index (χ1v) is 12.2. The van der Waals surface area contributed by atoms with Gasteiger partial charge in [0.15, 0.2) is 5.78 Å². The van der Waals surface area contributed by atoms with E-state index in [1.165, 1.54) is 15.6 Å². The molecule has 37 heavy (non-hydrogen) atoms. The van der Waals surface area contributed by atoms with Crippen molar-refractivity contribution >= 4 is 17.2 Å². The highest BCUT2D eigenvalue weighted by atomic mass is 16.5. The van der Waals surface area contributed by atoms with Crippen LogP contribution in [-0.2, 0) is 0 Å². The molecule has 1 aromatic heterocycles. The van der Waals surface area contributed by atoms with E-state index < -0.39 is 6.04 Å². The maximum absolute atomic E-state index is 13.1. The Morgan fingerprint density at radius 3 is 1.89 bits per heavy atom. The van der Waals surface area contributed by atoms with Gasteiger partial charge in [0.1, 0.15) is 23.9 Å². The molecule has 0 aliphatic carbocycles. The van der Waals surface area contributed by atoms with Gasteiger partial charge in [0.05, 0.1) is 12.8 Å². The van der Waals surface area contributed by atoms with Crippen molar-refractivity contribution in [3.8, 4) is 17.2 Å². The first-order valence-electron chi connectivity index (χ1n) is 12.2. The molecule has 9 nitrogen and oxygen atoms in total. The Bertz CT molecular complexity index is 1420. The number of rotatable bonds is 7. The molecular formula is C28H29N5O4. The molecule has 1 aliphatic rings. The first-order chi connectivity index (χ1) is 17.9. The van der Waals surface area contributed by atoms with Crippen LogP contribution in [0.1, 0.15) is 23.3 Å². The van der Waals surface area contributed by atoms with Crippen molar-refractivity contribution in [2.75, 3.05) is 43.1 Å². The number of carbonyl (C=O) groups excluding carboxylic acids is 1. The number of phenolic OH excluding ortho intramolecular Hbond substituents is 1. The van der Waals surface area contributed by atoms with E-state index in [2.05, 4.69) is 14.9 Å². The molecule has 0 spiro atoms. The highest BCUT2D eigenvalue weighted by molar-refractivity contribution is 5.98. The third kappa shape index (κ3) is 4.93. The number of nitrogens with zero attached hydrogens (tertiary/aromatic N) is 5. The monoisotopic (exact) mass is 499 g/mol. The van der Waals surface area contributed by atoms with Crippen LogP contribution in [0.2, 0.25) is 0 Å². The minimum atomic E-state index is -0.744. The van der Waals surface area contributed by atoms with Crippen LogP contribution < -0.4 is 20.2 Å². The number of aromatic hydroxyl groups is 1. The molecule has 1 fully saturated rings. The topological polar surface area (TPSA) is 92.8 Å². The van der Waals surface area contributed by atoms with Crippen LogP contribution in [0.5, 0.6) is 11.5 Å². The molecule has 1 saturated heterocycles. The molecule has 5 rings (SSSR count). The van der Waals surface area contributed by atoms with Gasteiger partial charge in [-0.2, -0.15) is 5.10 Å². The lowest BCUT2D eigenvalue weighted by molar-refractivity contribution is 0.0925. The SMILES string of the molecule is COc1ccc(C(=O)C(C)n2ncn(-c3ccc(N4CCN(c5ccc(O)cc5)CC4)cc3)c2=O)cc1. The van der Waals surface area contributed by atoms with Crippen molar-refractivity contribution in [2.24, 2.45) is 0 Å². The van der Waals surface area contributed by atoms with E-state index in [0.717, 1.165) is 37.6 Å². The van der Waals surface area contributed by atoms with E-state index in [1.54, 1.807) is 50.4 Å². The Balaban J connectivity index is 1.26. The van der Waals surface area contributed by atoms with Crippen molar-refractivity contribution in [3.63, 3.8) is 0 Å². The van der Waals surface area contributed by atoms with Crippen LogP contribution >= 0.6 is 0 Å². The van der Waals surface area contributed by atoms with Gasteiger partial charge in [-0.15, -0.1) is 0 Å². The minimum absolute atomic E-state index is 0.197. The number of hydrogen-bond acceptors (Lipinski definition) is 7. The van der Waals surface area contributed by atoms with Crippen LogP contribution in [0.3, 0.4) is 0 Å². The third-order valence-electron chi connectivity index (χ3n) is 6.80. The van der Waals surface area contributed by atoms with Gasteiger partial charge in [0.2, 0.25) is 0 Å². The number of methoxy groups -OCH3 is 1. The summed E-state index contributed by atoms with van der Waals surface area (Å²) >= 11 is 0. The Kier molecular flexibility index (Phi) is 6.68. The standard InChI is InChI=1S/C28H29N5O4/c1-20(27(35)21-3-13-26(37-2)14-4-21)33-28(36)32(19-29-33)24-7-5-22(6-8-24)30-15-17-31(18-16-30)23-9-11-25(34)12-10-23/h3-14,19-20,34H,15-18H2,1-2H3. The normalized spacial score (nSPS) is 14.4. The van der Waals surface area contributed by atoms with Crippen LogP contribution in [-0.4, -0.2) is 58.5 Å². The molecule has 0 saturated carbocycles. The molecule has 9 heteroatoms. The summed E-state index contributed by atoms with van der Waals surface area (Å²) in [6.45, 7) is 5.15. The van der Waals surface area contributed by atoms with Crippen molar-refractivity contribution in [1.82, 2.24) is 14.3 Å². The van der Waals surface area contributed by atoms with Crippen LogP contribution in [0, 0.1) is 0 Å². The molecule has 190 valence electrons. The van der Waals surface area contributed by atoms with E-state index in [9.17, 15) is 14.7 Å². The molecule has 4 aromatic rings. The number of piperazine rings is 1. The van der Waals surface area contributed by atoms with Gasteiger partial charge in [-0.05, 0) is 79.7 Å². The van der Waals surface area contributed by atoms with E-state index in [4.69, 9.17) is 4.74 Å². The van der Waals surface area contributed by atoms with E-state index >= 15 is 0 Å². The lowest BCUT2D eigenvalue weighted by Crippen LogP contribution is -2.46. The number of phenols is 1. The lowest BCUT2D eigenvalue weighted by atomic mass is 10.1. The number of ketones is 1. The van der Waals surface area contributed by atoms with Gasteiger partial charge in [-0.25, -0.2) is 14.0 Å². The van der Waals surface area contributed by atoms with Gasteiger partial charge in [-0.3, -0.25) is 4.79 Å². The average molecular weight is 500 g/mol. The molecule has 2 heterocycles. The fourth-order valence-corrected chi connectivity index (χ4v) is 4.58. The van der Waals surface area contributed by atoms with Gasteiger partial charge < -0.3 is 19.6 Å². The van der Waals surface area contributed by atoms with Crippen molar-refractivity contribution in [1.29, 1.82) is 0 Å². The fourth-order valence-electron chi connectivity index (χ4n) is 4.58. The highest BCUT2D eigenvalue weighted by Crippen LogP contribution is 2.23. The molecule has 0 bridgehead atoms. The minimum Gasteiger partial charge on any atom is -0.508 e. The summed E-state index contributed by atoms with van der Waals surface area (Å²) in [6.07, 6.45) is 1.45. The summed E-state index contributed by atoms with van der Waals surface area (Å²) in [6, 6.07) is 21.1. The molecule has 1 aliphatic heterocycles. The van der Waals surface area contributed by atoms with Crippen LogP contribution in [0.15, 0.2) is 83.9 Å². The van der Waals surface area contributed by atoms with E-state index in [1.807, 2.05) is 36.4 Å². The first kappa shape index (κ1) is 24.2. The van der Waals surface area contributed by atoms with Crippen LogP contribution in [0.25, 0.3) is 5.69 Å². The summed E-state index contributed by atoms with van der Waals surface area (Å²) in [5, 5.41) is 13.7. The third-order valence-corrected chi connectivity index (χ3v) is 6.80. The Labute approximate surface area is 214 Å². The molecule has 0 amide bonds. The zero-order chi connectivity index (χ0) is 25.9. The largest absolute Gasteiger partial charge is 0.508 e. The molecular weight excluding hydrogens is 470 g/mol. The maximum Gasteiger partial charge on any atom is 0.351 e. The number of anilines is 2. The quantitative estimate of drug-likeness (QED) is 0.389. The number of carbonyl (C=O) groups is 1. The Hall–Kier alpha value is -4.53. The Morgan fingerprint density at radius 1 is 0.838 bits per heavy atom. The van der Waals surface area contributed by atoms with Gasteiger partial charge >= 0.3 is 5.69 Å². The molecule has 1 unspecified atom stereocenters. The maximum atomic E-state index is 13.1. The number of Topliss-reactive ketones (excluding diaryl/α,β-unsaturated/α-hetero) is 1. The lowest BCUT2D eigenvalue weighted by Gasteiger charge is -2.37. The molecule has 3 aromatic carbocycles. The zero-order valence-corrected chi connectivity index (χ0v) is 20.8. The van der Waals surface area contributed by atoms with E-state index in [0.29, 0.717) is 17.0 Å². The summed E-state index contributed by atoms with van der Waals surface area (Å²) in [4.78, 5) is 30.6. The summed E-state index contributed by atoms with van der Waals surface area (Å²) in [7, 11) is 1.57. The number of benzene rings is 3. The molecule has 0 radical (unpaired) electrons. The fraction of sp³-hybridized carbons (Fsp3) is 0.250. The second kappa shape index (κ2) is 10.2. The van der Waals surface area contributed by atoms with Gasteiger partial charge in [0.25, 0.3) is 0 Å². The predicted molar refractivity (Wildman–Crippen MR) is 142 cm³/mol. The number of ether oxygens (including phenoxy) is 1. The van der Waals surface area contributed by atoms with E-state index in [-0.39, 0.29) is 17.2 Å². The number of aromatic nitrogens is 3. The van der Waals surface area contributed by atoms with Crippen molar-refractivity contribution in [2.45, 2.75) is 13.0 Å². The van der Waals surface area contributed by atoms with Crippen LogP contribution in [0.4, 0.5) is 11.4 Å². The Morgan fingerprint density at radius 2 is 1.35 bits per heavy atom. The zero-order valence-electron chi connectivity index (χ0n) is 20.8. The van der Waals surface area contributed by atoms with Gasteiger partial charge in [-0.1, -0.05) is 0 Å². The number of hydrogen-bond donors (Lipinski definition) is 1. The average Bonchev–Trinajstić information content (AvgIpc) is 3.34. The van der Waals surface area contributed by atoms with Crippen molar-refractivity contribution in [3.05, 3.63) is 95.2 Å². The second-order valence-corrected chi connectivity index (χ2v) is 9.00. The highest BCUT2D eigenvalue weighted by Gasteiger charge is 2.22. The van der Waals surface area contributed by atoms with Gasteiger partial charge in [0, 0.05) is 43.1 Å². The summed E-state index contributed by atoms with van der Waals surface area (Å²) < 4.78 is 7.80. The molecule has 1 atom stereocenters. The van der Waals surface area contributed by atoms with Crippen molar-refractivity contribution < 1.29 is 14.6 Å². The molecule has 1 N–H and O–H groups in total. The summed E-state index contributed by atoms with van der Waals surface area (Å²) in [5.41, 5.74) is 2.99. The second-order valence-electron chi connectivity index (χ2n) is 9.00. The summed E-state index contributed by atoms with van der Waals surface area (Å²) in [5.74, 6) is 0.732. The smallest absolute Gasteiger partial charge is 0.351 e.